The van der Waals surface area contributed by atoms with Crippen LogP contribution in [0.3, 0.4) is 0 Å². The summed E-state index contributed by atoms with van der Waals surface area (Å²) in [4.78, 5) is 17.6. The van der Waals surface area contributed by atoms with Gasteiger partial charge in [-0.3, -0.25) is 4.79 Å². The lowest BCUT2D eigenvalue weighted by Gasteiger charge is -2.23. The first-order valence-electron chi connectivity index (χ1n) is 5.90. The molecule has 0 radical (unpaired) electrons. The van der Waals surface area contributed by atoms with Crippen LogP contribution in [0, 0.1) is 0 Å². The summed E-state index contributed by atoms with van der Waals surface area (Å²) in [5.74, 6) is 0.350. The van der Waals surface area contributed by atoms with E-state index < -0.39 is 0 Å². The normalized spacial score (nSPS) is 10.2. The average molecular weight is 316 g/mol. The van der Waals surface area contributed by atoms with Gasteiger partial charge in [-0.15, -0.1) is 0 Å². The highest BCUT2D eigenvalue weighted by Gasteiger charge is 2.15. The number of ether oxygens (including phenoxy) is 1. The standard InChI is InChI=1S/C12H18BrN3O2/c1-3-5-16(8-11(17)18-4-2)12-10(14)6-9(13)7-15-12/h6-7H,3-5,8,14H2,1-2H3. The molecule has 1 rings (SSSR count). The van der Waals surface area contributed by atoms with E-state index in [9.17, 15) is 4.79 Å². The number of hydrogen-bond donors (Lipinski definition) is 1. The minimum atomic E-state index is -0.268. The van der Waals surface area contributed by atoms with Crippen LogP contribution in [0.25, 0.3) is 0 Å². The third kappa shape index (κ3) is 4.18. The predicted molar refractivity (Wildman–Crippen MR) is 75.5 cm³/mol. The van der Waals surface area contributed by atoms with Crippen LogP contribution in [0.1, 0.15) is 20.3 Å². The van der Waals surface area contributed by atoms with Gasteiger partial charge in [-0.2, -0.15) is 0 Å². The Labute approximate surface area is 115 Å². The number of nitrogens with zero attached hydrogens (tertiary/aromatic N) is 2. The molecule has 5 nitrogen and oxygen atoms in total. The van der Waals surface area contributed by atoms with Crippen LogP contribution in [0.4, 0.5) is 11.5 Å². The Hall–Kier alpha value is -1.30. The van der Waals surface area contributed by atoms with E-state index in [4.69, 9.17) is 10.5 Å². The van der Waals surface area contributed by atoms with Gasteiger partial charge in [-0.05, 0) is 35.3 Å². The predicted octanol–water partition coefficient (Wildman–Crippen LogP) is 2.21. The van der Waals surface area contributed by atoms with Crippen molar-refractivity contribution in [3.8, 4) is 0 Å². The van der Waals surface area contributed by atoms with Crippen molar-refractivity contribution in [1.82, 2.24) is 4.98 Å². The summed E-state index contributed by atoms with van der Waals surface area (Å²) in [5.41, 5.74) is 6.46. The number of pyridine rings is 1. The van der Waals surface area contributed by atoms with Crippen molar-refractivity contribution in [2.45, 2.75) is 20.3 Å². The molecule has 100 valence electrons. The molecule has 0 saturated carbocycles. The number of aromatic nitrogens is 1. The van der Waals surface area contributed by atoms with Crippen molar-refractivity contribution >= 4 is 33.4 Å². The van der Waals surface area contributed by atoms with Crippen LogP contribution in [0.2, 0.25) is 0 Å². The number of hydrogen-bond acceptors (Lipinski definition) is 5. The average Bonchev–Trinajstić information content (AvgIpc) is 2.29. The van der Waals surface area contributed by atoms with Crippen molar-refractivity contribution in [2.24, 2.45) is 0 Å². The first-order chi connectivity index (χ1) is 8.58. The lowest BCUT2D eigenvalue weighted by molar-refractivity contribution is -0.141. The first-order valence-corrected chi connectivity index (χ1v) is 6.69. The number of nitrogens with two attached hydrogens (primary N) is 1. The molecular weight excluding hydrogens is 298 g/mol. The molecule has 2 N–H and O–H groups in total. The van der Waals surface area contributed by atoms with E-state index in [1.807, 2.05) is 11.8 Å². The molecule has 0 amide bonds. The highest BCUT2D eigenvalue weighted by atomic mass is 79.9. The fourth-order valence-electron chi connectivity index (χ4n) is 1.60. The molecule has 1 heterocycles. The monoisotopic (exact) mass is 315 g/mol. The van der Waals surface area contributed by atoms with Crippen LogP contribution in [0.15, 0.2) is 16.7 Å². The molecule has 18 heavy (non-hydrogen) atoms. The van der Waals surface area contributed by atoms with Crippen LogP contribution in [-0.2, 0) is 9.53 Å². The first kappa shape index (κ1) is 14.8. The van der Waals surface area contributed by atoms with Crippen LogP contribution in [0.5, 0.6) is 0 Å². The zero-order valence-electron chi connectivity index (χ0n) is 10.6. The summed E-state index contributed by atoms with van der Waals surface area (Å²) >= 11 is 3.31. The van der Waals surface area contributed by atoms with Gasteiger partial charge in [-0.25, -0.2) is 4.98 Å². The number of anilines is 2. The number of esters is 1. The van der Waals surface area contributed by atoms with Crippen molar-refractivity contribution in [3.05, 3.63) is 16.7 Å². The molecule has 0 aliphatic heterocycles. The second-order valence-corrected chi connectivity index (χ2v) is 4.71. The number of halogens is 1. The van der Waals surface area contributed by atoms with Gasteiger partial charge in [0, 0.05) is 17.2 Å². The number of carbonyl (C=O) groups is 1. The van der Waals surface area contributed by atoms with E-state index in [1.54, 1.807) is 19.2 Å². The second kappa shape index (κ2) is 7.20. The number of carbonyl (C=O) groups excluding carboxylic acids is 1. The molecule has 0 fully saturated rings. The fraction of sp³-hybridized carbons (Fsp3) is 0.500. The summed E-state index contributed by atoms with van der Waals surface area (Å²) < 4.78 is 5.76. The van der Waals surface area contributed by atoms with E-state index >= 15 is 0 Å². The van der Waals surface area contributed by atoms with E-state index in [0.717, 1.165) is 10.9 Å². The molecular formula is C12H18BrN3O2. The molecule has 6 heteroatoms. The van der Waals surface area contributed by atoms with E-state index in [2.05, 4.69) is 20.9 Å². The third-order valence-corrected chi connectivity index (χ3v) is 2.71. The van der Waals surface area contributed by atoms with E-state index in [0.29, 0.717) is 24.7 Å². The summed E-state index contributed by atoms with van der Waals surface area (Å²) in [5, 5.41) is 0. The molecule has 1 aromatic rings. The maximum Gasteiger partial charge on any atom is 0.325 e. The van der Waals surface area contributed by atoms with Crippen molar-refractivity contribution in [1.29, 1.82) is 0 Å². The molecule has 0 unspecified atom stereocenters. The largest absolute Gasteiger partial charge is 0.465 e. The van der Waals surface area contributed by atoms with Gasteiger partial charge < -0.3 is 15.4 Å². The maximum absolute atomic E-state index is 11.5. The smallest absolute Gasteiger partial charge is 0.325 e. The lowest BCUT2D eigenvalue weighted by atomic mass is 10.3. The van der Waals surface area contributed by atoms with Crippen LogP contribution in [-0.4, -0.2) is 30.6 Å². The topological polar surface area (TPSA) is 68.5 Å². The minimum Gasteiger partial charge on any atom is -0.465 e. The Bertz CT molecular complexity index is 412. The van der Waals surface area contributed by atoms with Gasteiger partial charge in [0.15, 0.2) is 5.82 Å². The zero-order valence-corrected chi connectivity index (χ0v) is 12.2. The van der Waals surface area contributed by atoms with Gasteiger partial charge in [0.2, 0.25) is 0 Å². The highest BCUT2D eigenvalue weighted by molar-refractivity contribution is 9.10. The zero-order chi connectivity index (χ0) is 13.5. The second-order valence-electron chi connectivity index (χ2n) is 3.79. The molecule has 0 aliphatic rings. The minimum absolute atomic E-state index is 0.167. The summed E-state index contributed by atoms with van der Waals surface area (Å²) in [6.45, 7) is 5.07. The van der Waals surface area contributed by atoms with Gasteiger partial charge in [0.1, 0.15) is 6.54 Å². The molecule has 0 bridgehead atoms. The quantitative estimate of drug-likeness (QED) is 0.815. The number of nitrogen functional groups attached to an aromatic ring is 1. The molecule has 0 saturated heterocycles. The van der Waals surface area contributed by atoms with E-state index in [-0.39, 0.29) is 12.5 Å². The number of rotatable bonds is 6. The Kier molecular flexibility index (Phi) is 5.91. The Morgan fingerprint density at radius 2 is 2.28 bits per heavy atom. The summed E-state index contributed by atoms with van der Waals surface area (Å²) in [6.07, 6.45) is 2.57. The fourth-order valence-corrected chi connectivity index (χ4v) is 1.95. The maximum atomic E-state index is 11.5. The lowest BCUT2D eigenvalue weighted by Crippen LogP contribution is -2.33. The van der Waals surface area contributed by atoms with Crippen LogP contribution < -0.4 is 10.6 Å². The van der Waals surface area contributed by atoms with Crippen molar-refractivity contribution in [3.63, 3.8) is 0 Å². The molecule has 0 spiro atoms. The Morgan fingerprint density at radius 1 is 1.56 bits per heavy atom. The Morgan fingerprint density at radius 3 is 2.83 bits per heavy atom. The summed E-state index contributed by atoms with van der Waals surface area (Å²) in [6, 6.07) is 1.77. The van der Waals surface area contributed by atoms with Crippen LogP contribution >= 0.6 is 15.9 Å². The molecule has 0 atom stereocenters. The SMILES string of the molecule is CCCN(CC(=O)OCC)c1ncc(Br)cc1N. The summed E-state index contributed by atoms with van der Waals surface area (Å²) in [7, 11) is 0. The van der Waals surface area contributed by atoms with Gasteiger partial charge in [0.05, 0.1) is 12.3 Å². The van der Waals surface area contributed by atoms with Crippen molar-refractivity contribution < 1.29 is 9.53 Å². The Balaban J connectivity index is 2.86. The van der Waals surface area contributed by atoms with Gasteiger partial charge in [-0.1, -0.05) is 6.92 Å². The highest BCUT2D eigenvalue weighted by Crippen LogP contribution is 2.23. The van der Waals surface area contributed by atoms with E-state index in [1.165, 1.54) is 0 Å². The van der Waals surface area contributed by atoms with Gasteiger partial charge >= 0.3 is 5.97 Å². The molecule has 0 aromatic carbocycles. The molecule has 0 aliphatic carbocycles. The molecule has 1 aromatic heterocycles. The third-order valence-electron chi connectivity index (χ3n) is 2.28. The van der Waals surface area contributed by atoms with Gasteiger partial charge in [0.25, 0.3) is 0 Å². The van der Waals surface area contributed by atoms with Crippen molar-refractivity contribution in [2.75, 3.05) is 30.3 Å².